The van der Waals surface area contributed by atoms with Crippen LogP contribution in [-0.2, 0) is 6.54 Å². The zero-order chi connectivity index (χ0) is 15.6. The molecule has 5 nitrogen and oxygen atoms in total. The molecule has 0 saturated carbocycles. The van der Waals surface area contributed by atoms with Crippen LogP contribution in [0.3, 0.4) is 0 Å². The zero-order valence-corrected chi connectivity index (χ0v) is 14.4. The van der Waals surface area contributed by atoms with Gasteiger partial charge < -0.3 is 5.32 Å². The average Bonchev–Trinajstić information content (AvgIpc) is 2.87. The quantitative estimate of drug-likeness (QED) is 0.906. The van der Waals surface area contributed by atoms with Gasteiger partial charge >= 0.3 is 0 Å². The minimum atomic E-state index is 0.202. The summed E-state index contributed by atoms with van der Waals surface area (Å²) in [5, 5.41) is 8.11. The zero-order valence-electron chi connectivity index (χ0n) is 14.4. The van der Waals surface area contributed by atoms with Crippen molar-refractivity contribution in [2.45, 2.75) is 72.1 Å². The fraction of sp³-hybridized carbons (Fsp3) is 0.875. The molecule has 1 aromatic rings. The van der Waals surface area contributed by atoms with Gasteiger partial charge in [0.05, 0.1) is 6.54 Å². The van der Waals surface area contributed by atoms with Crippen LogP contribution in [0.15, 0.2) is 6.33 Å². The molecule has 2 heterocycles. The minimum absolute atomic E-state index is 0.202. The predicted octanol–water partition coefficient (Wildman–Crippen LogP) is 2.46. The molecular weight excluding hydrogens is 262 g/mol. The third kappa shape index (κ3) is 3.64. The Hall–Kier alpha value is -0.940. The number of hydrogen-bond acceptors (Lipinski definition) is 4. The van der Waals surface area contributed by atoms with Gasteiger partial charge in [-0.2, -0.15) is 5.10 Å². The summed E-state index contributed by atoms with van der Waals surface area (Å²) in [7, 11) is 0. The molecule has 0 bridgehead atoms. The van der Waals surface area contributed by atoms with Crippen LogP contribution in [0.1, 0.15) is 59.8 Å². The van der Waals surface area contributed by atoms with Crippen molar-refractivity contribution in [1.29, 1.82) is 0 Å². The van der Waals surface area contributed by atoms with E-state index in [9.17, 15) is 0 Å². The Morgan fingerprint density at radius 1 is 1.38 bits per heavy atom. The second-order valence-corrected chi connectivity index (χ2v) is 7.23. The first-order valence-corrected chi connectivity index (χ1v) is 8.23. The van der Waals surface area contributed by atoms with Crippen LogP contribution in [0.5, 0.6) is 0 Å². The molecular formula is C16H31N5. The maximum Gasteiger partial charge on any atom is 0.141 e. The Bertz CT molecular complexity index is 453. The lowest BCUT2D eigenvalue weighted by Gasteiger charge is -2.47. The van der Waals surface area contributed by atoms with Gasteiger partial charge in [-0.05, 0) is 33.1 Å². The number of nitrogens with zero attached hydrogens (tertiary/aromatic N) is 4. The highest BCUT2D eigenvalue weighted by Crippen LogP contribution is 2.24. The van der Waals surface area contributed by atoms with Crippen LogP contribution in [0.25, 0.3) is 0 Å². The summed E-state index contributed by atoms with van der Waals surface area (Å²) in [6.45, 7) is 16.5. The Morgan fingerprint density at radius 3 is 2.67 bits per heavy atom. The SMILES string of the molecule is CCC1(C)CN(Cc2ncnn2C(C)C)C(C(C)C)CN1. The molecule has 2 unspecified atom stereocenters. The summed E-state index contributed by atoms with van der Waals surface area (Å²) in [5.41, 5.74) is 0.202. The van der Waals surface area contributed by atoms with E-state index in [0.717, 1.165) is 31.9 Å². The Balaban J connectivity index is 2.18. The van der Waals surface area contributed by atoms with Crippen LogP contribution in [0, 0.1) is 5.92 Å². The first-order chi connectivity index (χ1) is 9.86. The molecule has 2 atom stereocenters. The molecule has 1 aliphatic rings. The molecule has 1 aliphatic heterocycles. The van der Waals surface area contributed by atoms with Crippen LogP contribution >= 0.6 is 0 Å². The van der Waals surface area contributed by atoms with Crippen molar-refractivity contribution in [3.05, 3.63) is 12.2 Å². The van der Waals surface area contributed by atoms with E-state index in [-0.39, 0.29) is 5.54 Å². The second-order valence-electron chi connectivity index (χ2n) is 7.23. The Morgan fingerprint density at radius 2 is 2.10 bits per heavy atom. The lowest BCUT2D eigenvalue weighted by molar-refractivity contribution is 0.0504. The van der Waals surface area contributed by atoms with E-state index in [1.54, 1.807) is 6.33 Å². The molecule has 1 saturated heterocycles. The van der Waals surface area contributed by atoms with Crippen LogP contribution in [0.2, 0.25) is 0 Å². The molecule has 2 rings (SSSR count). The third-order valence-corrected chi connectivity index (χ3v) is 4.79. The summed E-state index contributed by atoms with van der Waals surface area (Å²) < 4.78 is 2.04. The molecule has 0 radical (unpaired) electrons. The molecule has 5 heteroatoms. The minimum Gasteiger partial charge on any atom is -0.309 e. The van der Waals surface area contributed by atoms with E-state index in [1.807, 2.05) is 4.68 Å². The lowest BCUT2D eigenvalue weighted by Crippen LogP contribution is -2.63. The van der Waals surface area contributed by atoms with Crippen LogP contribution in [-0.4, -0.2) is 44.3 Å². The first-order valence-electron chi connectivity index (χ1n) is 8.23. The normalized spacial score (nSPS) is 27.7. The topological polar surface area (TPSA) is 46.0 Å². The van der Waals surface area contributed by atoms with Gasteiger partial charge in [-0.15, -0.1) is 0 Å². The monoisotopic (exact) mass is 293 g/mol. The van der Waals surface area contributed by atoms with Gasteiger partial charge in [0.1, 0.15) is 12.2 Å². The lowest BCUT2D eigenvalue weighted by atomic mass is 9.90. The molecule has 21 heavy (non-hydrogen) atoms. The van der Waals surface area contributed by atoms with Crippen molar-refractivity contribution in [2.24, 2.45) is 5.92 Å². The van der Waals surface area contributed by atoms with E-state index < -0.39 is 0 Å². The third-order valence-electron chi connectivity index (χ3n) is 4.79. The number of piperazine rings is 1. The van der Waals surface area contributed by atoms with E-state index in [0.29, 0.717) is 18.0 Å². The molecule has 0 aromatic carbocycles. The second kappa shape index (κ2) is 6.44. The molecule has 120 valence electrons. The van der Waals surface area contributed by atoms with Gasteiger partial charge in [0.15, 0.2) is 0 Å². The van der Waals surface area contributed by atoms with E-state index in [4.69, 9.17) is 0 Å². The highest BCUT2D eigenvalue weighted by atomic mass is 15.4. The van der Waals surface area contributed by atoms with Crippen molar-refractivity contribution >= 4 is 0 Å². The predicted molar refractivity (Wildman–Crippen MR) is 86.1 cm³/mol. The Kier molecular flexibility index (Phi) is 5.04. The summed E-state index contributed by atoms with van der Waals surface area (Å²) in [5.74, 6) is 1.71. The van der Waals surface area contributed by atoms with Crippen molar-refractivity contribution in [1.82, 2.24) is 25.0 Å². The van der Waals surface area contributed by atoms with Crippen LogP contribution in [0.4, 0.5) is 0 Å². The fourth-order valence-electron chi connectivity index (χ4n) is 3.17. The van der Waals surface area contributed by atoms with E-state index >= 15 is 0 Å². The highest BCUT2D eigenvalue weighted by molar-refractivity contribution is 4.98. The van der Waals surface area contributed by atoms with Gasteiger partial charge in [0.25, 0.3) is 0 Å². The number of rotatable bonds is 5. The average molecular weight is 293 g/mol. The molecule has 0 spiro atoms. The van der Waals surface area contributed by atoms with E-state index in [1.165, 1.54) is 0 Å². The van der Waals surface area contributed by atoms with Gasteiger partial charge in [-0.25, -0.2) is 9.67 Å². The van der Waals surface area contributed by atoms with Gasteiger partial charge in [0.2, 0.25) is 0 Å². The number of aromatic nitrogens is 3. The smallest absolute Gasteiger partial charge is 0.141 e. The maximum atomic E-state index is 4.49. The first kappa shape index (κ1) is 16.4. The van der Waals surface area contributed by atoms with Gasteiger partial charge in [0, 0.05) is 30.7 Å². The van der Waals surface area contributed by atoms with Crippen LogP contribution < -0.4 is 5.32 Å². The van der Waals surface area contributed by atoms with Crippen molar-refractivity contribution in [2.75, 3.05) is 13.1 Å². The molecule has 1 aromatic heterocycles. The number of nitrogens with one attached hydrogen (secondary N) is 1. The Labute approximate surface area is 129 Å². The fourth-order valence-corrected chi connectivity index (χ4v) is 3.17. The molecule has 0 aliphatic carbocycles. The van der Waals surface area contributed by atoms with Gasteiger partial charge in [-0.1, -0.05) is 20.8 Å². The standard InChI is InChI=1S/C16H31N5/c1-7-16(6)10-20(14(8-18-16)12(2)3)9-15-17-11-19-21(15)13(4)5/h11-14,18H,7-10H2,1-6H3. The van der Waals surface area contributed by atoms with Crippen molar-refractivity contribution in [3.63, 3.8) is 0 Å². The van der Waals surface area contributed by atoms with E-state index in [2.05, 4.69) is 61.8 Å². The summed E-state index contributed by atoms with van der Waals surface area (Å²) in [6.07, 6.45) is 2.83. The molecule has 1 fully saturated rings. The largest absolute Gasteiger partial charge is 0.309 e. The van der Waals surface area contributed by atoms with Crippen molar-refractivity contribution < 1.29 is 0 Å². The molecule has 0 amide bonds. The highest BCUT2D eigenvalue weighted by Gasteiger charge is 2.36. The summed E-state index contributed by atoms with van der Waals surface area (Å²) in [6, 6.07) is 0.919. The summed E-state index contributed by atoms with van der Waals surface area (Å²) >= 11 is 0. The van der Waals surface area contributed by atoms with Crippen molar-refractivity contribution in [3.8, 4) is 0 Å². The maximum absolute atomic E-state index is 4.49. The van der Waals surface area contributed by atoms with Gasteiger partial charge in [-0.3, -0.25) is 4.90 Å². The molecule has 1 N–H and O–H groups in total. The number of hydrogen-bond donors (Lipinski definition) is 1. The summed E-state index contributed by atoms with van der Waals surface area (Å²) in [4.78, 5) is 7.08.